The molecule has 0 bridgehead atoms. The monoisotopic (exact) mass is 310 g/mol. The normalized spacial score (nSPS) is 21.7. The van der Waals surface area contributed by atoms with Gasteiger partial charge in [0.15, 0.2) is 5.78 Å². The fraction of sp³-hybridized carbons (Fsp3) is 0.500. The highest BCUT2D eigenvalue weighted by molar-refractivity contribution is 9.10. The molecule has 0 N–H and O–H groups in total. The zero-order valence-corrected chi connectivity index (χ0v) is 11.7. The smallest absolute Gasteiger partial charge is 0.166 e. The standard InChI is InChI=1S/C14H15BrO3/c15-11-6-9-3-5-18-14(9)10(7-11)8-12(16)13-2-1-4-17-13/h6-7,13H,1-5,8H2. The lowest BCUT2D eigenvalue weighted by molar-refractivity contribution is -0.127. The fourth-order valence-corrected chi connectivity index (χ4v) is 3.16. The lowest BCUT2D eigenvalue weighted by Crippen LogP contribution is -2.21. The summed E-state index contributed by atoms with van der Waals surface area (Å²) in [4.78, 5) is 12.1. The fourth-order valence-electron chi connectivity index (χ4n) is 2.61. The second kappa shape index (κ2) is 5.02. The lowest BCUT2D eigenvalue weighted by atomic mass is 10.0. The van der Waals surface area contributed by atoms with Gasteiger partial charge < -0.3 is 9.47 Å². The number of fused-ring (bicyclic) bond motifs is 1. The molecule has 1 saturated heterocycles. The number of hydrogen-bond donors (Lipinski definition) is 0. The van der Waals surface area contributed by atoms with E-state index in [0.717, 1.165) is 35.0 Å². The van der Waals surface area contributed by atoms with Crippen LogP contribution in [-0.4, -0.2) is 25.1 Å². The minimum Gasteiger partial charge on any atom is -0.493 e. The molecular formula is C14H15BrO3. The molecule has 0 aromatic heterocycles. The third kappa shape index (κ3) is 2.31. The van der Waals surface area contributed by atoms with Crippen LogP contribution < -0.4 is 4.74 Å². The van der Waals surface area contributed by atoms with Crippen molar-refractivity contribution in [3.8, 4) is 5.75 Å². The molecule has 2 aliphatic heterocycles. The summed E-state index contributed by atoms with van der Waals surface area (Å²) in [5.41, 5.74) is 2.18. The molecular weight excluding hydrogens is 296 g/mol. The number of hydrogen-bond acceptors (Lipinski definition) is 3. The van der Waals surface area contributed by atoms with Crippen molar-refractivity contribution in [1.82, 2.24) is 0 Å². The molecule has 1 unspecified atom stereocenters. The predicted octanol–water partition coefficient (Wildman–Crippen LogP) is 2.67. The third-order valence-corrected chi connectivity index (χ3v) is 3.94. The number of rotatable bonds is 3. The van der Waals surface area contributed by atoms with Crippen molar-refractivity contribution in [2.24, 2.45) is 0 Å². The van der Waals surface area contributed by atoms with Crippen molar-refractivity contribution in [3.05, 3.63) is 27.7 Å². The van der Waals surface area contributed by atoms with Crippen LogP contribution in [-0.2, 0) is 22.4 Å². The first-order valence-corrected chi connectivity index (χ1v) is 7.12. The number of carbonyl (C=O) groups excluding carboxylic acids is 1. The third-order valence-electron chi connectivity index (χ3n) is 3.48. The van der Waals surface area contributed by atoms with Gasteiger partial charge in [-0.3, -0.25) is 4.79 Å². The molecule has 0 aliphatic carbocycles. The average Bonchev–Trinajstić information content (AvgIpc) is 2.98. The Morgan fingerprint density at radius 1 is 1.39 bits per heavy atom. The molecule has 1 fully saturated rings. The molecule has 3 rings (SSSR count). The number of Topliss-reactive ketones (excluding diaryl/α,β-unsaturated/α-hetero) is 1. The quantitative estimate of drug-likeness (QED) is 0.861. The predicted molar refractivity (Wildman–Crippen MR) is 71.0 cm³/mol. The van der Waals surface area contributed by atoms with E-state index < -0.39 is 0 Å². The zero-order chi connectivity index (χ0) is 12.5. The molecule has 0 radical (unpaired) electrons. The molecule has 1 aromatic rings. The molecule has 3 nitrogen and oxygen atoms in total. The minimum absolute atomic E-state index is 0.170. The van der Waals surface area contributed by atoms with E-state index in [1.54, 1.807) is 0 Å². The van der Waals surface area contributed by atoms with E-state index >= 15 is 0 Å². The van der Waals surface area contributed by atoms with Crippen molar-refractivity contribution < 1.29 is 14.3 Å². The molecule has 0 spiro atoms. The van der Waals surface area contributed by atoms with Crippen LogP contribution in [0.5, 0.6) is 5.75 Å². The number of halogens is 1. The Morgan fingerprint density at radius 3 is 3.06 bits per heavy atom. The minimum atomic E-state index is -0.207. The van der Waals surface area contributed by atoms with E-state index in [0.29, 0.717) is 19.6 Å². The van der Waals surface area contributed by atoms with Crippen molar-refractivity contribution in [1.29, 1.82) is 0 Å². The van der Waals surface area contributed by atoms with E-state index in [4.69, 9.17) is 9.47 Å². The molecule has 96 valence electrons. The van der Waals surface area contributed by atoms with Crippen LogP contribution in [0, 0.1) is 0 Å². The van der Waals surface area contributed by atoms with Crippen molar-refractivity contribution in [3.63, 3.8) is 0 Å². The Morgan fingerprint density at radius 2 is 2.28 bits per heavy atom. The summed E-state index contributed by atoms with van der Waals surface area (Å²) in [5, 5.41) is 0. The van der Waals surface area contributed by atoms with E-state index in [1.807, 2.05) is 6.07 Å². The van der Waals surface area contributed by atoms with Gasteiger partial charge in [0, 0.05) is 29.5 Å². The van der Waals surface area contributed by atoms with Crippen LogP contribution in [0.4, 0.5) is 0 Å². The lowest BCUT2D eigenvalue weighted by Gasteiger charge is -2.11. The molecule has 2 heterocycles. The van der Waals surface area contributed by atoms with Gasteiger partial charge in [-0.15, -0.1) is 0 Å². The van der Waals surface area contributed by atoms with Crippen LogP contribution in [0.3, 0.4) is 0 Å². The van der Waals surface area contributed by atoms with Gasteiger partial charge in [0.25, 0.3) is 0 Å². The van der Waals surface area contributed by atoms with Gasteiger partial charge in [-0.1, -0.05) is 15.9 Å². The SMILES string of the molecule is O=C(Cc1cc(Br)cc2c1OCC2)C1CCCO1. The molecule has 1 aromatic carbocycles. The first-order chi connectivity index (χ1) is 8.74. The highest BCUT2D eigenvalue weighted by Gasteiger charge is 2.26. The second-order valence-electron chi connectivity index (χ2n) is 4.80. The van der Waals surface area contributed by atoms with E-state index in [2.05, 4.69) is 22.0 Å². The van der Waals surface area contributed by atoms with E-state index in [-0.39, 0.29) is 11.9 Å². The zero-order valence-electron chi connectivity index (χ0n) is 10.1. The summed E-state index contributed by atoms with van der Waals surface area (Å²) < 4.78 is 12.1. The Labute approximate surface area is 115 Å². The Hall–Kier alpha value is -0.870. The van der Waals surface area contributed by atoms with Gasteiger partial charge >= 0.3 is 0 Å². The maximum atomic E-state index is 12.1. The number of carbonyl (C=O) groups is 1. The van der Waals surface area contributed by atoms with Crippen LogP contribution in [0.1, 0.15) is 24.0 Å². The molecule has 4 heteroatoms. The van der Waals surface area contributed by atoms with Gasteiger partial charge in [0.2, 0.25) is 0 Å². The number of ketones is 1. The average molecular weight is 311 g/mol. The highest BCUT2D eigenvalue weighted by Crippen LogP contribution is 2.33. The molecule has 1 atom stereocenters. The van der Waals surface area contributed by atoms with Crippen LogP contribution in [0.15, 0.2) is 16.6 Å². The molecule has 2 aliphatic rings. The summed E-state index contributed by atoms with van der Waals surface area (Å²) >= 11 is 3.49. The van der Waals surface area contributed by atoms with Gasteiger partial charge in [-0.25, -0.2) is 0 Å². The first-order valence-electron chi connectivity index (χ1n) is 6.32. The summed E-state index contributed by atoms with van der Waals surface area (Å²) in [7, 11) is 0. The highest BCUT2D eigenvalue weighted by atomic mass is 79.9. The molecule has 18 heavy (non-hydrogen) atoms. The van der Waals surface area contributed by atoms with Crippen LogP contribution in [0.2, 0.25) is 0 Å². The van der Waals surface area contributed by atoms with Crippen molar-refractivity contribution in [2.75, 3.05) is 13.2 Å². The second-order valence-corrected chi connectivity index (χ2v) is 5.71. The molecule has 0 amide bonds. The van der Waals surface area contributed by atoms with Crippen molar-refractivity contribution >= 4 is 21.7 Å². The van der Waals surface area contributed by atoms with Gasteiger partial charge in [0.05, 0.1) is 6.61 Å². The summed E-state index contributed by atoms with van der Waals surface area (Å²) in [6, 6.07) is 4.05. The summed E-state index contributed by atoms with van der Waals surface area (Å²) in [6.45, 7) is 1.43. The largest absolute Gasteiger partial charge is 0.493 e. The van der Waals surface area contributed by atoms with Gasteiger partial charge in [-0.05, 0) is 30.5 Å². The Balaban J connectivity index is 1.82. The maximum absolute atomic E-state index is 12.1. The maximum Gasteiger partial charge on any atom is 0.166 e. The van der Waals surface area contributed by atoms with E-state index in [1.165, 1.54) is 5.56 Å². The number of benzene rings is 1. The van der Waals surface area contributed by atoms with Crippen LogP contribution >= 0.6 is 15.9 Å². The topological polar surface area (TPSA) is 35.5 Å². The van der Waals surface area contributed by atoms with Gasteiger partial charge in [-0.2, -0.15) is 0 Å². The molecule has 0 saturated carbocycles. The van der Waals surface area contributed by atoms with Crippen LogP contribution in [0.25, 0.3) is 0 Å². The van der Waals surface area contributed by atoms with Crippen molar-refractivity contribution in [2.45, 2.75) is 31.8 Å². The van der Waals surface area contributed by atoms with Gasteiger partial charge in [0.1, 0.15) is 11.9 Å². The summed E-state index contributed by atoms with van der Waals surface area (Å²) in [5.74, 6) is 1.08. The Kier molecular flexibility index (Phi) is 3.39. The number of ether oxygens (including phenoxy) is 2. The summed E-state index contributed by atoms with van der Waals surface area (Å²) in [6.07, 6.45) is 2.97. The van der Waals surface area contributed by atoms with E-state index in [9.17, 15) is 4.79 Å². The Bertz CT molecular complexity index is 478. The first kappa shape index (κ1) is 12.2.